The summed E-state index contributed by atoms with van der Waals surface area (Å²) >= 11 is -1.87. The Hall–Kier alpha value is -0.710. The van der Waals surface area contributed by atoms with E-state index in [1.165, 1.54) is 0 Å². The maximum Gasteiger partial charge on any atom is 0.186 e. The second-order valence-electron chi connectivity index (χ2n) is 3.06. The van der Waals surface area contributed by atoms with Gasteiger partial charge in [-0.25, -0.2) is 4.21 Å². The lowest BCUT2D eigenvalue weighted by molar-refractivity contribution is 0.407. The summed E-state index contributed by atoms with van der Waals surface area (Å²) in [6.45, 7) is 0.812. The van der Waals surface area contributed by atoms with Gasteiger partial charge in [0, 0.05) is 6.42 Å². The number of ether oxygens (including phenoxy) is 1. The van der Waals surface area contributed by atoms with Crippen LogP contribution in [0.1, 0.15) is 5.56 Å². The van der Waals surface area contributed by atoms with E-state index in [1.54, 1.807) is 18.2 Å². The van der Waals surface area contributed by atoms with E-state index in [1.807, 2.05) is 6.07 Å². The summed E-state index contributed by atoms with van der Waals surface area (Å²) in [6, 6.07) is 7.13. The monoisotopic (exact) mass is 198 g/mol. The van der Waals surface area contributed by atoms with Crippen LogP contribution in [-0.4, -0.2) is 21.5 Å². The second-order valence-corrected chi connectivity index (χ2v) is 4.03. The molecule has 1 aliphatic rings. The van der Waals surface area contributed by atoms with E-state index in [9.17, 15) is 4.21 Å². The molecule has 0 bridgehead atoms. The fraction of sp³-hybridized carbons (Fsp3) is 0.333. The lowest BCUT2D eigenvalue weighted by atomic mass is 10.1. The summed E-state index contributed by atoms with van der Waals surface area (Å²) in [5.41, 5.74) is 1.06. The number of benzene rings is 1. The highest BCUT2D eigenvalue weighted by Crippen LogP contribution is 2.17. The molecule has 1 aliphatic heterocycles. The lowest BCUT2D eigenvalue weighted by Crippen LogP contribution is -1.95. The van der Waals surface area contributed by atoms with E-state index < -0.39 is 11.1 Å². The van der Waals surface area contributed by atoms with Crippen LogP contribution in [0.25, 0.3) is 0 Å². The molecule has 1 N–H and O–H groups in total. The molecule has 2 rings (SSSR count). The highest BCUT2D eigenvalue weighted by atomic mass is 32.2. The van der Waals surface area contributed by atoms with Gasteiger partial charge in [-0.05, 0) is 17.7 Å². The van der Waals surface area contributed by atoms with Gasteiger partial charge in [0.05, 0.1) is 17.6 Å². The molecule has 0 spiro atoms. The molecule has 13 heavy (non-hydrogen) atoms. The van der Waals surface area contributed by atoms with Crippen molar-refractivity contribution in [1.29, 1.82) is 0 Å². The predicted molar refractivity (Wildman–Crippen MR) is 48.9 cm³/mol. The average molecular weight is 198 g/mol. The Bertz CT molecular complexity index is 333. The summed E-state index contributed by atoms with van der Waals surface area (Å²) in [6.07, 6.45) is 1.16. The second kappa shape index (κ2) is 3.57. The maximum absolute atomic E-state index is 10.7. The van der Waals surface area contributed by atoms with Crippen molar-refractivity contribution in [3.05, 3.63) is 29.8 Å². The molecule has 0 aliphatic carbocycles. The summed E-state index contributed by atoms with van der Waals surface area (Å²) in [7, 11) is 0. The molecule has 1 aromatic rings. The molecule has 3 nitrogen and oxygen atoms in total. The zero-order valence-corrected chi connectivity index (χ0v) is 7.79. The van der Waals surface area contributed by atoms with Crippen LogP contribution in [0.15, 0.2) is 29.2 Å². The molecule has 1 saturated heterocycles. The van der Waals surface area contributed by atoms with E-state index in [0.717, 1.165) is 18.6 Å². The molecule has 2 unspecified atom stereocenters. The SMILES string of the molecule is O=S(O)c1cccc(CC2CO2)c1. The number of epoxide rings is 1. The van der Waals surface area contributed by atoms with Crippen molar-refractivity contribution >= 4 is 11.1 Å². The Morgan fingerprint density at radius 3 is 3.00 bits per heavy atom. The van der Waals surface area contributed by atoms with Crippen molar-refractivity contribution in [2.24, 2.45) is 0 Å². The fourth-order valence-corrected chi connectivity index (χ4v) is 1.68. The minimum Gasteiger partial charge on any atom is -0.373 e. The zero-order valence-electron chi connectivity index (χ0n) is 6.97. The Morgan fingerprint density at radius 2 is 2.38 bits per heavy atom. The third-order valence-electron chi connectivity index (χ3n) is 1.97. The number of rotatable bonds is 3. The number of hydrogen-bond donors (Lipinski definition) is 1. The first-order chi connectivity index (χ1) is 6.25. The van der Waals surface area contributed by atoms with Crippen molar-refractivity contribution < 1.29 is 13.5 Å². The molecule has 2 atom stereocenters. The molecule has 1 heterocycles. The fourth-order valence-electron chi connectivity index (χ4n) is 1.23. The van der Waals surface area contributed by atoms with Gasteiger partial charge in [-0.2, -0.15) is 0 Å². The first kappa shape index (κ1) is 8.87. The first-order valence-electron chi connectivity index (χ1n) is 4.07. The van der Waals surface area contributed by atoms with Gasteiger partial charge < -0.3 is 9.29 Å². The van der Waals surface area contributed by atoms with E-state index in [-0.39, 0.29) is 0 Å². The van der Waals surface area contributed by atoms with Gasteiger partial charge in [0.2, 0.25) is 0 Å². The van der Waals surface area contributed by atoms with Crippen LogP contribution in [0.3, 0.4) is 0 Å². The molecule has 0 saturated carbocycles. The predicted octanol–water partition coefficient (Wildman–Crippen LogP) is 1.21. The lowest BCUT2D eigenvalue weighted by Gasteiger charge is -1.99. The maximum atomic E-state index is 10.7. The molecule has 1 aromatic carbocycles. The van der Waals surface area contributed by atoms with Crippen LogP contribution in [0.2, 0.25) is 0 Å². The first-order valence-corrected chi connectivity index (χ1v) is 5.18. The summed E-state index contributed by atoms with van der Waals surface area (Å²) < 4.78 is 24.6. The van der Waals surface area contributed by atoms with Gasteiger partial charge in [-0.1, -0.05) is 12.1 Å². The largest absolute Gasteiger partial charge is 0.373 e. The van der Waals surface area contributed by atoms with Crippen LogP contribution in [0.5, 0.6) is 0 Å². The van der Waals surface area contributed by atoms with Gasteiger partial charge in [-0.15, -0.1) is 0 Å². The van der Waals surface area contributed by atoms with Gasteiger partial charge in [-0.3, -0.25) is 0 Å². The minimum absolute atomic E-state index is 0.322. The van der Waals surface area contributed by atoms with Gasteiger partial charge in [0.15, 0.2) is 11.1 Å². The summed E-state index contributed by atoms with van der Waals surface area (Å²) in [5, 5.41) is 0. The molecule has 1 fully saturated rings. The van der Waals surface area contributed by atoms with Crippen molar-refractivity contribution in [2.75, 3.05) is 6.61 Å². The molecular formula is C9H10O3S. The van der Waals surface area contributed by atoms with Crippen molar-refractivity contribution in [2.45, 2.75) is 17.4 Å². The topological polar surface area (TPSA) is 49.8 Å². The molecule has 0 radical (unpaired) electrons. The van der Waals surface area contributed by atoms with Gasteiger partial charge in [0.25, 0.3) is 0 Å². The van der Waals surface area contributed by atoms with Crippen LogP contribution >= 0.6 is 0 Å². The summed E-state index contributed by atoms with van der Waals surface area (Å²) in [4.78, 5) is 0.457. The van der Waals surface area contributed by atoms with Crippen LogP contribution in [0, 0.1) is 0 Å². The third kappa shape index (κ3) is 2.37. The van der Waals surface area contributed by atoms with E-state index >= 15 is 0 Å². The molecule has 0 aromatic heterocycles. The Labute approximate surface area is 79.0 Å². The Balaban J connectivity index is 2.15. The van der Waals surface area contributed by atoms with Crippen LogP contribution in [0.4, 0.5) is 0 Å². The Kier molecular flexibility index (Phi) is 2.44. The normalized spacial score (nSPS) is 22.7. The van der Waals surface area contributed by atoms with Gasteiger partial charge in [0.1, 0.15) is 0 Å². The zero-order chi connectivity index (χ0) is 9.26. The third-order valence-corrected chi connectivity index (χ3v) is 2.62. The molecular weight excluding hydrogens is 188 g/mol. The van der Waals surface area contributed by atoms with Crippen molar-refractivity contribution in [1.82, 2.24) is 0 Å². The van der Waals surface area contributed by atoms with Crippen molar-refractivity contribution in [3.63, 3.8) is 0 Å². The summed E-state index contributed by atoms with van der Waals surface area (Å²) in [5.74, 6) is 0. The molecule has 70 valence electrons. The Morgan fingerprint density at radius 1 is 1.62 bits per heavy atom. The van der Waals surface area contributed by atoms with Crippen LogP contribution in [-0.2, 0) is 22.2 Å². The van der Waals surface area contributed by atoms with Gasteiger partial charge >= 0.3 is 0 Å². The average Bonchev–Trinajstić information content (AvgIpc) is 2.89. The highest BCUT2D eigenvalue weighted by Gasteiger charge is 2.22. The van der Waals surface area contributed by atoms with E-state index in [4.69, 9.17) is 9.29 Å². The van der Waals surface area contributed by atoms with Crippen LogP contribution < -0.4 is 0 Å². The molecule has 4 heteroatoms. The highest BCUT2D eigenvalue weighted by molar-refractivity contribution is 7.79. The quantitative estimate of drug-likeness (QED) is 0.586. The standard InChI is InChI=1S/C9H10O3S/c10-13(11)9-3-1-2-7(5-9)4-8-6-12-8/h1-3,5,8H,4,6H2,(H,10,11). The number of hydrogen-bond acceptors (Lipinski definition) is 2. The van der Waals surface area contributed by atoms with E-state index in [0.29, 0.717) is 11.0 Å². The minimum atomic E-state index is -1.87. The van der Waals surface area contributed by atoms with E-state index in [2.05, 4.69) is 0 Å². The molecule has 0 amide bonds. The smallest absolute Gasteiger partial charge is 0.186 e. The van der Waals surface area contributed by atoms with Crippen molar-refractivity contribution in [3.8, 4) is 0 Å².